The lowest BCUT2D eigenvalue weighted by Gasteiger charge is -2.38. The number of nitrogens with zero attached hydrogens (tertiary/aromatic N) is 5. The second kappa shape index (κ2) is 6.64. The molecule has 10 heteroatoms. The van der Waals surface area contributed by atoms with Crippen LogP contribution < -0.4 is 9.62 Å². The van der Waals surface area contributed by atoms with Crippen molar-refractivity contribution in [3.63, 3.8) is 0 Å². The molecular weight excluding hydrogens is 428 g/mol. The Morgan fingerprint density at radius 1 is 1.28 bits per heavy atom. The first-order valence-corrected chi connectivity index (χ1v) is 12.6. The minimum atomic E-state index is -3.71. The van der Waals surface area contributed by atoms with Gasteiger partial charge in [0.25, 0.3) is 5.91 Å². The van der Waals surface area contributed by atoms with Gasteiger partial charge in [-0.25, -0.2) is 13.1 Å². The van der Waals surface area contributed by atoms with Crippen molar-refractivity contribution in [3.8, 4) is 0 Å². The summed E-state index contributed by atoms with van der Waals surface area (Å²) in [6, 6.07) is 4.93. The number of rotatable bonds is 5. The van der Waals surface area contributed by atoms with Crippen LogP contribution in [0.15, 0.2) is 34.3 Å². The second-order valence-electron chi connectivity index (χ2n) is 9.54. The van der Waals surface area contributed by atoms with Crippen molar-refractivity contribution in [2.45, 2.75) is 69.1 Å². The van der Waals surface area contributed by atoms with E-state index in [0.29, 0.717) is 30.3 Å². The lowest BCUT2D eigenvalue weighted by molar-refractivity contribution is 0.0832. The molecule has 0 saturated heterocycles. The Labute approximate surface area is 187 Å². The highest BCUT2D eigenvalue weighted by Gasteiger charge is 2.43. The largest absolute Gasteiger partial charge is 0.307 e. The minimum absolute atomic E-state index is 0.0863. The Morgan fingerprint density at radius 2 is 2.09 bits per heavy atom. The summed E-state index contributed by atoms with van der Waals surface area (Å²) in [6.07, 6.45) is 5.50. The molecule has 1 fully saturated rings. The highest BCUT2D eigenvalue weighted by Crippen LogP contribution is 2.38. The van der Waals surface area contributed by atoms with Crippen molar-refractivity contribution >= 4 is 27.6 Å². The predicted octanol–water partition coefficient (Wildman–Crippen LogP) is 1.88. The Morgan fingerprint density at radius 3 is 2.88 bits per heavy atom. The van der Waals surface area contributed by atoms with Crippen LogP contribution in [0.5, 0.6) is 0 Å². The van der Waals surface area contributed by atoms with E-state index in [1.54, 1.807) is 17.0 Å². The van der Waals surface area contributed by atoms with Crippen LogP contribution in [0.2, 0.25) is 0 Å². The first kappa shape index (κ1) is 19.9. The fraction of sp³-hybridized carbons (Fsp3) is 0.500. The molecule has 1 saturated carbocycles. The van der Waals surface area contributed by atoms with Gasteiger partial charge in [-0.1, -0.05) is 0 Å². The Bertz CT molecular complexity index is 1280. The number of aliphatic imine (C=N–C) groups is 1. The molecule has 2 aromatic rings. The van der Waals surface area contributed by atoms with E-state index in [-0.39, 0.29) is 22.4 Å². The zero-order valence-corrected chi connectivity index (χ0v) is 19.0. The summed E-state index contributed by atoms with van der Waals surface area (Å²) in [4.78, 5) is 22.2. The number of nitrogens with one attached hydrogen (secondary N) is 1. The maximum absolute atomic E-state index is 13.6. The molecule has 4 aliphatic rings. The van der Waals surface area contributed by atoms with E-state index >= 15 is 0 Å². The summed E-state index contributed by atoms with van der Waals surface area (Å²) in [7, 11) is -3.71. The molecule has 1 amide bonds. The number of hydrogen-bond acceptors (Lipinski definition) is 6. The molecule has 1 aromatic carbocycles. The van der Waals surface area contributed by atoms with Crippen molar-refractivity contribution in [2.24, 2.45) is 4.99 Å². The fourth-order valence-electron chi connectivity index (χ4n) is 4.87. The number of aryl methyl sites for hydroxylation is 1. The third kappa shape index (κ3) is 3.00. The van der Waals surface area contributed by atoms with Crippen molar-refractivity contribution in [3.05, 3.63) is 41.2 Å². The number of carbonyl (C=O) groups is 1. The molecule has 1 aliphatic carbocycles. The van der Waals surface area contributed by atoms with Gasteiger partial charge < -0.3 is 4.90 Å². The summed E-state index contributed by atoms with van der Waals surface area (Å²) < 4.78 is 30.7. The number of anilines is 1. The number of amides is 1. The predicted molar refractivity (Wildman–Crippen MR) is 119 cm³/mol. The smallest absolute Gasteiger partial charge is 0.263 e. The Hall–Kier alpha value is -2.72. The first-order valence-electron chi connectivity index (χ1n) is 11.1. The molecule has 0 bridgehead atoms. The van der Waals surface area contributed by atoms with Gasteiger partial charge in [-0.15, -0.1) is 0 Å². The van der Waals surface area contributed by atoms with E-state index in [2.05, 4.69) is 21.7 Å². The van der Waals surface area contributed by atoms with E-state index in [1.807, 2.05) is 22.7 Å². The number of sulfonamides is 1. The van der Waals surface area contributed by atoms with Gasteiger partial charge in [0, 0.05) is 23.3 Å². The number of aromatic nitrogens is 2. The molecule has 168 valence electrons. The second-order valence-corrected chi connectivity index (χ2v) is 11.2. The molecule has 0 unspecified atom stereocenters. The van der Waals surface area contributed by atoms with E-state index in [1.165, 1.54) is 11.8 Å². The number of carbonyl (C=O) groups excluding carboxylic acids is 1. The normalized spacial score (nSPS) is 23.1. The summed E-state index contributed by atoms with van der Waals surface area (Å²) in [6.45, 7) is 5.83. The highest BCUT2D eigenvalue weighted by atomic mass is 32.2. The van der Waals surface area contributed by atoms with Crippen molar-refractivity contribution in [1.82, 2.24) is 19.4 Å². The first-order chi connectivity index (χ1) is 15.3. The quantitative estimate of drug-likeness (QED) is 0.744. The van der Waals surface area contributed by atoms with Crippen LogP contribution in [-0.2, 0) is 29.5 Å². The molecule has 0 spiro atoms. The van der Waals surface area contributed by atoms with Crippen LogP contribution in [0.4, 0.5) is 5.69 Å². The van der Waals surface area contributed by atoms with Crippen LogP contribution >= 0.6 is 0 Å². The van der Waals surface area contributed by atoms with E-state index in [9.17, 15) is 13.2 Å². The maximum atomic E-state index is 13.6. The summed E-state index contributed by atoms with van der Waals surface area (Å²) in [5.74, 6) is 0.406. The third-order valence-electron chi connectivity index (χ3n) is 6.94. The summed E-state index contributed by atoms with van der Waals surface area (Å²) in [5.41, 5.74) is 2.92. The molecule has 6 rings (SSSR count). The van der Waals surface area contributed by atoms with Crippen LogP contribution in [0.25, 0.3) is 0 Å². The van der Waals surface area contributed by atoms with E-state index in [0.717, 1.165) is 37.8 Å². The maximum Gasteiger partial charge on any atom is 0.263 e. The van der Waals surface area contributed by atoms with Gasteiger partial charge in [0.1, 0.15) is 0 Å². The standard InChI is InChI=1S/C22H26N6O3S/c1-14-11-23-21-26(13-15-12-24-27-9-3-4-18(15)27)20(29)17-10-16(5-6-19(17)28(14)21)32(30,31)25-22(2)7-8-22/h5-6,10,12,14,25H,3-4,7-9,11,13H2,1-2H3/t14-/m1/s1. The Balaban J connectivity index is 1.40. The van der Waals surface area contributed by atoms with Crippen molar-refractivity contribution in [1.29, 1.82) is 0 Å². The lowest BCUT2D eigenvalue weighted by atomic mass is 10.1. The molecule has 1 N–H and O–H groups in total. The molecule has 32 heavy (non-hydrogen) atoms. The average Bonchev–Trinajstić information content (AvgIpc) is 3.12. The zero-order chi connectivity index (χ0) is 22.3. The van der Waals surface area contributed by atoms with Gasteiger partial charge in [0.2, 0.25) is 16.0 Å². The molecule has 1 atom stereocenters. The van der Waals surface area contributed by atoms with Crippen molar-refractivity contribution < 1.29 is 13.2 Å². The van der Waals surface area contributed by atoms with Crippen LogP contribution in [0.1, 0.15) is 54.7 Å². The highest BCUT2D eigenvalue weighted by molar-refractivity contribution is 7.89. The van der Waals surface area contributed by atoms with Gasteiger partial charge in [0.05, 0.1) is 41.5 Å². The van der Waals surface area contributed by atoms with Gasteiger partial charge in [-0.05, 0) is 57.7 Å². The fourth-order valence-corrected chi connectivity index (χ4v) is 6.37. The number of benzene rings is 1. The monoisotopic (exact) mass is 454 g/mol. The molecular formula is C22H26N6O3S. The Kier molecular flexibility index (Phi) is 4.14. The third-order valence-corrected chi connectivity index (χ3v) is 8.57. The van der Waals surface area contributed by atoms with E-state index in [4.69, 9.17) is 0 Å². The summed E-state index contributed by atoms with van der Waals surface area (Å²) >= 11 is 0. The molecule has 1 aromatic heterocycles. The van der Waals surface area contributed by atoms with Crippen LogP contribution in [-0.4, -0.2) is 53.1 Å². The van der Waals surface area contributed by atoms with Crippen LogP contribution in [0.3, 0.4) is 0 Å². The van der Waals surface area contributed by atoms with Gasteiger partial charge in [0.15, 0.2) is 0 Å². The lowest BCUT2D eigenvalue weighted by Crippen LogP contribution is -2.52. The number of hydrogen-bond donors (Lipinski definition) is 1. The number of guanidine groups is 1. The van der Waals surface area contributed by atoms with Gasteiger partial charge in [-0.2, -0.15) is 5.10 Å². The molecule has 3 aliphatic heterocycles. The topological polar surface area (TPSA) is 99.9 Å². The van der Waals surface area contributed by atoms with E-state index < -0.39 is 10.0 Å². The number of fused-ring (bicyclic) bond motifs is 4. The minimum Gasteiger partial charge on any atom is -0.307 e. The molecule has 9 nitrogen and oxygen atoms in total. The zero-order valence-electron chi connectivity index (χ0n) is 18.2. The molecule has 0 radical (unpaired) electrons. The van der Waals surface area contributed by atoms with Gasteiger partial charge >= 0.3 is 0 Å². The SMILES string of the molecule is C[C@@H]1CN=C2N(Cc3cnn4c3CCC4)C(=O)c3cc(S(=O)(=O)NC4(C)CC4)ccc3N21. The average molecular weight is 455 g/mol. The van der Waals surface area contributed by atoms with Crippen molar-refractivity contribution in [2.75, 3.05) is 11.4 Å². The molecule has 4 heterocycles. The van der Waals surface area contributed by atoms with Crippen LogP contribution in [0, 0.1) is 0 Å². The van der Waals surface area contributed by atoms with Gasteiger partial charge in [-0.3, -0.25) is 19.4 Å². The summed E-state index contributed by atoms with van der Waals surface area (Å²) in [5, 5.41) is 4.46.